The predicted molar refractivity (Wildman–Crippen MR) is 123 cm³/mol. The van der Waals surface area contributed by atoms with Gasteiger partial charge in [0.2, 0.25) is 12.7 Å². The summed E-state index contributed by atoms with van der Waals surface area (Å²) in [6.45, 7) is 3.30. The van der Waals surface area contributed by atoms with Gasteiger partial charge >= 0.3 is 0 Å². The van der Waals surface area contributed by atoms with Gasteiger partial charge in [-0.2, -0.15) is 0 Å². The molecule has 0 saturated carbocycles. The van der Waals surface area contributed by atoms with E-state index in [2.05, 4.69) is 15.5 Å². The van der Waals surface area contributed by atoms with Crippen molar-refractivity contribution in [3.63, 3.8) is 0 Å². The largest absolute Gasteiger partial charge is 0.454 e. The van der Waals surface area contributed by atoms with E-state index in [9.17, 15) is 4.79 Å². The molecule has 0 spiro atoms. The molecule has 8 nitrogen and oxygen atoms in total. The molecule has 1 N–H and O–H groups in total. The van der Waals surface area contributed by atoms with E-state index in [1.54, 1.807) is 25.3 Å². The third-order valence-corrected chi connectivity index (χ3v) is 6.17. The van der Waals surface area contributed by atoms with E-state index in [1.165, 1.54) is 11.8 Å². The topological polar surface area (TPSA) is 87.5 Å². The molecule has 4 rings (SSSR count). The van der Waals surface area contributed by atoms with Gasteiger partial charge in [0.05, 0.1) is 5.25 Å². The molecule has 0 saturated heterocycles. The zero-order valence-corrected chi connectivity index (χ0v) is 19.3. The molecule has 3 aromatic rings. The van der Waals surface area contributed by atoms with Crippen LogP contribution in [0.1, 0.15) is 13.3 Å². The van der Waals surface area contributed by atoms with Crippen molar-refractivity contribution < 1.29 is 19.0 Å². The van der Waals surface area contributed by atoms with E-state index < -0.39 is 5.25 Å². The lowest BCUT2D eigenvalue weighted by molar-refractivity contribution is -0.115. The van der Waals surface area contributed by atoms with Crippen LogP contribution in [-0.2, 0) is 16.1 Å². The Morgan fingerprint density at radius 3 is 2.78 bits per heavy atom. The number of nitrogens with zero attached hydrogens (tertiary/aromatic N) is 3. The van der Waals surface area contributed by atoms with Gasteiger partial charge in [0.25, 0.3) is 0 Å². The number of halogens is 1. The number of benzene rings is 2. The number of carbonyl (C=O) groups is 1. The Labute approximate surface area is 195 Å². The van der Waals surface area contributed by atoms with E-state index in [1.807, 2.05) is 35.8 Å². The fourth-order valence-electron chi connectivity index (χ4n) is 3.19. The summed E-state index contributed by atoms with van der Waals surface area (Å²) in [7, 11) is 1.67. The van der Waals surface area contributed by atoms with Crippen LogP contribution in [0.5, 0.6) is 11.5 Å². The number of fused-ring (bicyclic) bond motifs is 1. The maximum atomic E-state index is 12.8. The molecule has 1 atom stereocenters. The molecule has 2 aromatic carbocycles. The summed E-state index contributed by atoms with van der Waals surface area (Å²) in [5, 5.41) is 12.6. The van der Waals surface area contributed by atoms with Gasteiger partial charge in [-0.15, -0.1) is 10.2 Å². The monoisotopic (exact) mass is 474 g/mol. The fourth-order valence-corrected chi connectivity index (χ4v) is 4.19. The van der Waals surface area contributed by atoms with Crippen molar-refractivity contribution in [3.8, 4) is 22.9 Å². The van der Waals surface area contributed by atoms with Gasteiger partial charge in [0.1, 0.15) is 0 Å². The van der Waals surface area contributed by atoms with Gasteiger partial charge in [-0.05, 0) is 49.7 Å². The van der Waals surface area contributed by atoms with Crippen LogP contribution in [0.3, 0.4) is 0 Å². The lowest BCUT2D eigenvalue weighted by atomic mass is 10.2. The highest BCUT2D eigenvalue weighted by molar-refractivity contribution is 8.00. The second-order valence-electron chi connectivity index (χ2n) is 7.13. The Balaban J connectivity index is 1.49. The minimum Gasteiger partial charge on any atom is -0.454 e. The van der Waals surface area contributed by atoms with Crippen molar-refractivity contribution in [3.05, 3.63) is 47.5 Å². The van der Waals surface area contributed by atoms with Crippen LogP contribution in [0.2, 0.25) is 5.02 Å². The van der Waals surface area contributed by atoms with Gasteiger partial charge in [-0.25, -0.2) is 0 Å². The van der Waals surface area contributed by atoms with Crippen LogP contribution in [0.15, 0.2) is 47.6 Å². The molecule has 0 aliphatic carbocycles. The molecule has 0 bridgehead atoms. The molecule has 0 radical (unpaired) electrons. The molecule has 10 heteroatoms. The second-order valence-corrected chi connectivity index (χ2v) is 8.87. The van der Waals surface area contributed by atoms with E-state index in [-0.39, 0.29) is 12.7 Å². The molecule has 1 aliphatic rings. The summed E-state index contributed by atoms with van der Waals surface area (Å²) in [5.41, 5.74) is 1.55. The molecule has 1 aliphatic heterocycles. The Morgan fingerprint density at radius 1 is 1.22 bits per heavy atom. The molecule has 168 valence electrons. The van der Waals surface area contributed by atoms with E-state index in [0.29, 0.717) is 40.5 Å². The minimum atomic E-state index is -0.399. The van der Waals surface area contributed by atoms with Gasteiger partial charge in [-0.3, -0.25) is 4.79 Å². The minimum absolute atomic E-state index is 0.145. The van der Waals surface area contributed by atoms with Crippen LogP contribution < -0.4 is 14.8 Å². The lowest BCUT2D eigenvalue weighted by Crippen LogP contribution is -2.23. The number of amides is 1. The summed E-state index contributed by atoms with van der Waals surface area (Å²) < 4.78 is 17.9. The summed E-state index contributed by atoms with van der Waals surface area (Å²) in [5.74, 6) is 1.87. The molecule has 1 amide bonds. The number of thioether (sulfide) groups is 1. The fraction of sp³-hybridized carbons (Fsp3) is 0.318. The lowest BCUT2D eigenvalue weighted by Gasteiger charge is -2.14. The Bertz CT molecular complexity index is 1090. The maximum absolute atomic E-state index is 12.8. The van der Waals surface area contributed by atoms with Crippen LogP contribution >= 0.6 is 23.4 Å². The van der Waals surface area contributed by atoms with Crippen LogP contribution in [0.25, 0.3) is 11.4 Å². The van der Waals surface area contributed by atoms with Crippen molar-refractivity contribution >= 4 is 35.0 Å². The number of carbonyl (C=O) groups excluding carboxylic acids is 1. The third kappa shape index (κ3) is 5.17. The highest BCUT2D eigenvalue weighted by Crippen LogP contribution is 2.35. The zero-order chi connectivity index (χ0) is 22.5. The first-order valence-corrected chi connectivity index (χ1v) is 11.4. The SMILES string of the molecule is COCCCn1c(S[C@@H](C)C(=O)Nc2ccc3c(c2)OCO3)nnc1-c1ccc(Cl)cc1. The van der Waals surface area contributed by atoms with Crippen LogP contribution in [0, 0.1) is 0 Å². The van der Waals surface area contributed by atoms with E-state index in [4.69, 9.17) is 25.8 Å². The maximum Gasteiger partial charge on any atom is 0.237 e. The predicted octanol–water partition coefficient (Wildman–Crippen LogP) is 4.48. The number of hydrogen-bond acceptors (Lipinski definition) is 7. The number of ether oxygens (including phenoxy) is 3. The summed E-state index contributed by atoms with van der Waals surface area (Å²) in [4.78, 5) is 12.8. The van der Waals surface area contributed by atoms with Gasteiger partial charge in [0, 0.05) is 42.6 Å². The summed E-state index contributed by atoms with van der Waals surface area (Å²) in [6.07, 6.45) is 0.792. The third-order valence-electron chi connectivity index (χ3n) is 4.84. The first-order chi connectivity index (χ1) is 15.5. The number of hydrogen-bond donors (Lipinski definition) is 1. The van der Waals surface area contributed by atoms with Gasteiger partial charge in [0.15, 0.2) is 22.5 Å². The number of rotatable bonds is 9. The molecular formula is C22H23ClN4O4S. The van der Waals surface area contributed by atoms with Crippen molar-refractivity contribution in [2.45, 2.75) is 30.3 Å². The average Bonchev–Trinajstić information content (AvgIpc) is 3.41. The molecule has 1 aromatic heterocycles. The number of nitrogens with one attached hydrogen (secondary N) is 1. The van der Waals surface area contributed by atoms with Crippen molar-refractivity contribution in [2.24, 2.45) is 0 Å². The van der Waals surface area contributed by atoms with Crippen LogP contribution in [0.4, 0.5) is 5.69 Å². The molecule has 0 fully saturated rings. The van der Waals surface area contributed by atoms with Gasteiger partial charge < -0.3 is 24.1 Å². The normalized spacial score (nSPS) is 13.2. The first-order valence-electron chi connectivity index (χ1n) is 10.1. The van der Waals surface area contributed by atoms with Crippen molar-refractivity contribution in [1.29, 1.82) is 0 Å². The van der Waals surface area contributed by atoms with E-state index in [0.717, 1.165) is 17.8 Å². The highest BCUT2D eigenvalue weighted by Gasteiger charge is 2.22. The highest BCUT2D eigenvalue weighted by atomic mass is 35.5. The average molecular weight is 475 g/mol. The van der Waals surface area contributed by atoms with Gasteiger partial charge in [-0.1, -0.05) is 23.4 Å². The quantitative estimate of drug-likeness (QED) is 0.361. The summed E-state index contributed by atoms with van der Waals surface area (Å²) in [6, 6.07) is 12.8. The standard InChI is InChI=1S/C22H23ClN4O4S/c1-14(21(28)24-17-8-9-18-19(12-17)31-13-30-18)32-22-26-25-20(27(22)10-3-11-29-2)15-4-6-16(23)7-5-15/h4-9,12,14H,3,10-11,13H2,1-2H3,(H,24,28)/t14-/m0/s1. The van der Waals surface area contributed by atoms with Crippen molar-refractivity contribution in [2.75, 3.05) is 25.8 Å². The Morgan fingerprint density at radius 2 is 2.00 bits per heavy atom. The number of methoxy groups -OCH3 is 1. The molecular weight excluding hydrogens is 452 g/mol. The van der Waals surface area contributed by atoms with Crippen LogP contribution in [-0.4, -0.2) is 46.4 Å². The smallest absolute Gasteiger partial charge is 0.237 e. The summed E-state index contributed by atoms with van der Waals surface area (Å²) >= 11 is 7.38. The first kappa shape index (κ1) is 22.4. The second kappa shape index (κ2) is 10.2. The number of anilines is 1. The zero-order valence-electron chi connectivity index (χ0n) is 17.7. The van der Waals surface area contributed by atoms with Crippen molar-refractivity contribution in [1.82, 2.24) is 14.8 Å². The molecule has 2 heterocycles. The molecule has 0 unspecified atom stereocenters. The Kier molecular flexibility index (Phi) is 7.19. The number of aromatic nitrogens is 3. The van der Waals surface area contributed by atoms with E-state index >= 15 is 0 Å². The Hall–Kier alpha value is -2.75. The molecule has 32 heavy (non-hydrogen) atoms.